The lowest BCUT2D eigenvalue weighted by Crippen LogP contribution is -2.20. The number of amides is 2. The number of aldehydes is 2. The van der Waals surface area contributed by atoms with E-state index in [0.717, 1.165) is 41.4 Å². The van der Waals surface area contributed by atoms with E-state index in [1.54, 1.807) is 75.0 Å². The monoisotopic (exact) mass is 1050 g/mol. The molecule has 8 atom stereocenters. The molecule has 4 heterocycles. The predicted molar refractivity (Wildman–Crippen MR) is 307 cm³/mol. The summed E-state index contributed by atoms with van der Waals surface area (Å²) in [5, 5.41) is 4.80. The van der Waals surface area contributed by atoms with Gasteiger partial charge in [-0.3, -0.25) is 19.4 Å². The van der Waals surface area contributed by atoms with E-state index in [1.165, 1.54) is 103 Å². The number of nitrogens with zero attached hydrogens (tertiary/aromatic N) is 4. The van der Waals surface area contributed by atoms with Gasteiger partial charge in [-0.25, -0.2) is 9.97 Å². The molecule has 6 unspecified atom stereocenters. The van der Waals surface area contributed by atoms with Crippen molar-refractivity contribution in [3.63, 3.8) is 0 Å². The van der Waals surface area contributed by atoms with Crippen molar-refractivity contribution in [3.8, 4) is 33.5 Å². The number of fused-ring (bicyclic) bond motifs is 11. The van der Waals surface area contributed by atoms with Gasteiger partial charge in [-0.1, -0.05) is 91.0 Å². The van der Waals surface area contributed by atoms with Crippen LogP contribution in [0, 0.1) is 0 Å². The normalized spacial score (nSPS) is 22.0. The van der Waals surface area contributed by atoms with E-state index in [9.17, 15) is 19.2 Å². The standard InChI is InChI=1S/C42H46N6.2C9H9NO2.2C2H6O/c1-47-17-3-5-35(47)41-43-22-34(46-41)31-15-14-30(39-26-9-10-27(20-26)40(31)39)29-13-12-28(37-24-7-8-25(19-24)38(29)37)23-11-16-32-33(21-23)45-42(44-32)36-6-4-18-48(36)2;2*11-6-9(10-7-12)8-4-2-1-3-5-8;2*1-3-2/h11-16,21-22,24-27,35-36H,3-10,17-20H2,1-2H3,(H,43,46)(H,44,45);2*1-7,9H,(H,10,12);2*1-2H3/t24?,25?,26?,27?,35?,36-;9-;;;/m01.../s1. The van der Waals surface area contributed by atoms with Gasteiger partial charge in [0.15, 0.2) is 0 Å². The minimum absolute atomic E-state index is 0.410. The van der Waals surface area contributed by atoms with Crippen LogP contribution in [-0.4, -0.2) is 111 Å². The first-order valence-electron chi connectivity index (χ1n) is 27.7. The Hall–Kier alpha value is -7.10. The number of ether oxygens (including phenoxy) is 2. The van der Waals surface area contributed by atoms with Gasteiger partial charge in [0.1, 0.15) is 36.3 Å². The molecule has 2 saturated carbocycles. The van der Waals surface area contributed by atoms with Gasteiger partial charge in [0.25, 0.3) is 0 Å². The molecule has 2 aromatic heterocycles. The van der Waals surface area contributed by atoms with Crippen molar-refractivity contribution in [3.05, 3.63) is 154 Å². The number of carbonyl (C=O) groups is 4. The number of likely N-dealkylation sites (tertiary alicyclic amines) is 2. The summed E-state index contributed by atoms with van der Waals surface area (Å²) >= 11 is 0. The summed E-state index contributed by atoms with van der Waals surface area (Å²) in [4.78, 5) is 63.5. The number of aromatic nitrogens is 4. The molecule has 13 rings (SSSR count). The van der Waals surface area contributed by atoms with Crippen molar-refractivity contribution in [2.75, 3.05) is 55.6 Å². The number of hydrogen-bond donors (Lipinski definition) is 4. The van der Waals surface area contributed by atoms with E-state index in [2.05, 4.69) is 103 Å². The van der Waals surface area contributed by atoms with E-state index in [4.69, 9.17) is 9.97 Å². The molecular weight excluding hydrogens is 977 g/mol. The maximum Gasteiger partial charge on any atom is 0.207 e. The van der Waals surface area contributed by atoms with Crippen LogP contribution in [0.2, 0.25) is 0 Å². The Morgan fingerprint density at radius 2 is 1.00 bits per heavy atom. The Morgan fingerprint density at radius 3 is 1.46 bits per heavy atom. The molecule has 0 radical (unpaired) electrons. The van der Waals surface area contributed by atoms with Crippen molar-refractivity contribution >= 4 is 36.4 Å². The number of nitrogens with one attached hydrogen (secondary N) is 4. The Labute approximate surface area is 459 Å². The molecule has 4 fully saturated rings. The Morgan fingerprint density at radius 1 is 0.551 bits per heavy atom. The summed E-state index contributed by atoms with van der Waals surface area (Å²) in [7, 11) is 11.0. The Kier molecular flexibility index (Phi) is 18.6. The van der Waals surface area contributed by atoms with Crippen molar-refractivity contribution in [1.29, 1.82) is 0 Å². The van der Waals surface area contributed by atoms with Gasteiger partial charge in [-0.05, 0) is 183 Å². The van der Waals surface area contributed by atoms with Gasteiger partial charge in [0.05, 0.1) is 35.0 Å². The molecule has 2 aliphatic heterocycles. The largest absolute Gasteiger partial charge is 0.388 e. The summed E-state index contributed by atoms with van der Waals surface area (Å²) in [6.45, 7) is 2.32. The minimum atomic E-state index is -0.524. The second kappa shape index (κ2) is 26.0. The van der Waals surface area contributed by atoms with Crippen molar-refractivity contribution in [2.45, 2.75) is 112 Å². The number of imidazole rings is 2. The molecule has 14 nitrogen and oxygen atoms in total. The molecular formula is C64H76N8O6. The molecule has 2 amide bonds. The number of H-pyrrole nitrogens is 2. The van der Waals surface area contributed by atoms with Gasteiger partial charge in [0.2, 0.25) is 12.8 Å². The average molecular weight is 1050 g/mol. The summed E-state index contributed by atoms with van der Waals surface area (Å²) in [6.07, 6.45) is 17.4. The molecule has 7 aromatic rings. The molecule has 78 heavy (non-hydrogen) atoms. The summed E-state index contributed by atoms with van der Waals surface area (Å²) in [5.41, 5.74) is 19.0. The fourth-order valence-electron chi connectivity index (χ4n) is 13.4. The highest BCUT2D eigenvalue weighted by molar-refractivity contribution is 5.88. The minimum Gasteiger partial charge on any atom is -0.388 e. The maximum absolute atomic E-state index is 10.5. The third kappa shape index (κ3) is 11.7. The summed E-state index contributed by atoms with van der Waals surface area (Å²) in [6, 6.07) is 34.8. The van der Waals surface area contributed by atoms with E-state index in [0.29, 0.717) is 61.1 Å². The van der Waals surface area contributed by atoms with Crippen molar-refractivity contribution < 1.29 is 28.7 Å². The first kappa shape index (κ1) is 55.6. The molecule has 5 aromatic carbocycles. The van der Waals surface area contributed by atoms with Crippen LogP contribution < -0.4 is 10.6 Å². The van der Waals surface area contributed by atoms with Crippen molar-refractivity contribution in [2.24, 2.45) is 0 Å². The van der Waals surface area contributed by atoms with Crippen LogP contribution in [0.4, 0.5) is 0 Å². The smallest absolute Gasteiger partial charge is 0.207 e. The number of carbonyl (C=O) groups excluding carboxylic acids is 4. The lowest BCUT2D eigenvalue weighted by molar-refractivity contribution is -0.115. The van der Waals surface area contributed by atoms with E-state index >= 15 is 0 Å². The summed E-state index contributed by atoms with van der Waals surface area (Å²) in [5.74, 6) is 5.01. The lowest BCUT2D eigenvalue weighted by atomic mass is 9.77. The zero-order chi connectivity index (χ0) is 54.7. The van der Waals surface area contributed by atoms with Crippen LogP contribution in [-0.2, 0) is 28.7 Å². The van der Waals surface area contributed by atoms with Crippen LogP contribution in [0.15, 0.2) is 109 Å². The van der Waals surface area contributed by atoms with Gasteiger partial charge < -0.3 is 39.7 Å². The van der Waals surface area contributed by atoms with Crippen LogP contribution in [0.3, 0.4) is 0 Å². The van der Waals surface area contributed by atoms with Crippen molar-refractivity contribution in [1.82, 2.24) is 40.4 Å². The molecule has 408 valence electrons. The van der Waals surface area contributed by atoms with E-state index < -0.39 is 12.1 Å². The van der Waals surface area contributed by atoms with Crippen LogP contribution in [0.25, 0.3) is 44.5 Å². The topological polar surface area (TPSA) is 175 Å². The van der Waals surface area contributed by atoms with Gasteiger partial charge in [0, 0.05) is 34.0 Å². The fraction of sp³-hybridized carbons (Fsp3) is 0.406. The van der Waals surface area contributed by atoms with Crippen LogP contribution in [0.1, 0.15) is 157 Å². The number of hydrogen-bond acceptors (Lipinski definition) is 10. The first-order valence-corrected chi connectivity index (χ1v) is 27.7. The van der Waals surface area contributed by atoms with Crippen LogP contribution in [0.5, 0.6) is 0 Å². The average Bonchev–Trinajstić information content (AvgIpc) is 4.53. The number of benzene rings is 5. The zero-order valence-electron chi connectivity index (χ0n) is 46.0. The SMILES string of the molecule is CN1CCCC1c1ncc(-c2ccc(-c3ccc(-c4ccc5nc([C@@H]6CCCN6C)[nH]c5c4)c4c3C3CCC4C3)c3c2C2CCC3C2)[nH]1.COC.COC.O=CNC(C=O)c1ccccc1.O=CN[C@H](C=O)c1ccccc1. The second-order valence-corrected chi connectivity index (χ2v) is 21.6. The zero-order valence-corrected chi connectivity index (χ0v) is 46.0. The molecule has 4 bridgehead atoms. The third-order valence-corrected chi connectivity index (χ3v) is 16.8. The maximum atomic E-state index is 10.5. The molecule has 4 N–H and O–H groups in total. The Balaban J connectivity index is 0.000000202. The lowest BCUT2D eigenvalue weighted by Gasteiger charge is -2.27. The highest BCUT2D eigenvalue weighted by Gasteiger charge is 2.44. The third-order valence-electron chi connectivity index (χ3n) is 16.8. The fourth-order valence-corrected chi connectivity index (χ4v) is 13.4. The van der Waals surface area contributed by atoms with Gasteiger partial charge in [-0.15, -0.1) is 0 Å². The number of methoxy groups -OCH3 is 2. The number of rotatable bonds is 13. The van der Waals surface area contributed by atoms with Gasteiger partial charge in [-0.2, -0.15) is 0 Å². The quantitative estimate of drug-likeness (QED) is 0.0814. The van der Waals surface area contributed by atoms with Crippen LogP contribution >= 0.6 is 0 Å². The number of aromatic amines is 2. The van der Waals surface area contributed by atoms with E-state index in [-0.39, 0.29) is 0 Å². The first-order chi connectivity index (χ1) is 38.2. The molecule has 4 aliphatic carbocycles. The highest BCUT2D eigenvalue weighted by atomic mass is 16.5. The Bertz CT molecular complexity index is 3080. The summed E-state index contributed by atoms with van der Waals surface area (Å²) < 4.78 is 8.50. The molecule has 6 aliphatic rings. The molecule has 2 saturated heterocycles. The molecule has 0 spiro atoms. The highest BCUT2D eigenvalue weighted by Crippen LogP contribution is 2.62. The predicted octanol–water partition coefficient (Wildman–Crippen LogP) is 11.4. The van der Waals surface area contributed by atoms with Gasteiger partial charge >= 0.3 is 0 Å². The molecule has 14 heteroatoms. The second-order valence-electron chi connectivity index (χ2n) is 21.6. The van der Waals surface area contributed by atoms with E-state index in [1.807, 2.05) is 36.4 Å².